The van der Waals surface area contributed by atoms with Crippen molar-refractivity contribution in [3.63, 3.8) is 0 Å². The van der Waals surface area contributed by atoms with Crippen LogP contribution in [0.4, 0.5) is 0 Å². The summed E-state index contributed by atoms with van der Waals surface area (Å²) in [7, 11) is 0. The number of allylic oxidation sites excluding steroid dienone is 3. The second kappa shape index (κ2) is 13.0. The largest absolute Gasteiger partial charge is 0.370 e. The molecule has 1 aliphatic rings. The summed E-state index contributed by atoms with van der Waals surface area (Å²) in [5.41, 5.74) is 0. The van der Waals surface area contributed by atoms with Crippen LogP contribution in [0.5, 0.6) is 0 Å². The molecule has 3 atom stereocenters. The van der Waals surface area contributed by atoms with Crippen molar-refractivity contribution < 1.29 is 17.7 Å². The van der Waals surface area contributed by atoms with Gasteiger partial charge in [-0.3, -0.25) is 8.74 Å². The Bertz CT molecular complexity index is 355. The predicted octanol–water partition coefficient (Wildman–Crippen LogP) is 4.55. The second-order valence-corrected chi connectivity index (χ2v) is 6.41. The van der Waals surface area contributed by atoms with Crippen LogP contribution in [0.15, 0.2) is 24.3 Å². The molecule has 0 spiro atoms. The van der Waals surface area contributed by atoms with E-state index in [0.29, 0.717) is 18.8 Å². The maximum absolute atomic E-state index is 10.2. The zero-order valence-corrected chi connectivity index (χ0v) is 14.4. The van der Waals surface area contributed by atoms with E-state index in [1.807, 2.05) is 0 Å². The van der Waals surface area contributed by atoms with Gasteiger partial charge in [-0.1, -0.05) is 50.0 Å². The average Bonchev–Trinajstić information content (AvgIpc) is 3.18. The van der Waals surface area contributed by atoms with Gasteiger partial charge in [0.2, 0.25) is 0 Å². The van der Waals surface area contributed by atoms with Crippen LogP contribution in [-0.4, -0.2) is 27.6 Å². The standard InChI is InChI=1S/C17H30O4S/c1-16-17(21-16)14-12-10-8-6-4-2-3-5-7-9-11-13-15-20-22(18)19/h4,6,10,12,16-17H,2-3,5,7-9,11,13-15H2,1H3,(H,18,19). The van der Waals surface area contributed by atoms with Gasteiger partial charge in [0.1, 0.15) is 0 Å². The molecule has 22 heavy (non-hydrogen) atoms. The van der Waals surface area contributed by atoms with Crippen molar-refractivity contribution >= 4 is 11.4 Å². The maximum Gasteiger partial charge on any atom is 0.301 e. The quantitative estimate of drug-likeness (QED) is 0.220. The third-order valence-electron chi connectivity index (χ3n) is 3.76. The van der Waals surface area contributed by atoms with Crippen molar-refractivity contribution in [3.8, 4) is 0 Å². The summed E-state index contributed by atoms with van der Waals surface area (Å²) in [6, 6.07) is 0. The van der Waals surface area contributed by atoms with Gasteiger partial charge in [0.25, 0.3) is 0 Å². The lowest BCUT2D eigenvalue weighted by molar-refractivity contribution is 0.296. The van der Waals surface area contributed by atoms with Crippen LogP contribution >= 0.6 is 0 Å². The van der Waals surface area contributed by atoms with Crippen LogP contribution in [0.3, 0.4) is 0 Å². The molecule has 1 heterocycles. The Morgan fingerprint density at radius 3 is 2.36 bits per heavy atom. The van der Waals surface area contributed by atoms with Crippen LogP contribution < -0.4 is 0 Å². The first-order valence-corrected chi connectivity index (χ1v) is 9.43. The highest BCUT2D eigenvalue weighted by molar-refractivity contribution is 7.74. The molecule has 128 valence electrons. The maximum atomic E-state index is 10.2. The number of hydrogen-bond donors (Lipinski definition) is 1. The lowest BCUT2D eigenvalue weighted by atomic mass is 10.1. The third kappa shape index (κ3) is 12.1. The Labute approximate surface area is 137 Å². The zero-order chi connectivity index (χ0) is 16.0. The van der Waals surface area contributed by atoms with Crippen LogP contribution in [-0.2, 0) is 20.3 Å². The van der Waals surface area contributed by atoms with Gasteiger partial charge in [-0.2, -0.15) is 4.21 Å². The number of rotatable bonds is 14. The van der Waals surface area contributed by atoms with Crippen molar-refractivity contribution in [1.29, 1.82) is 0 Å². The Morgan fingerprint density at radius 1 is 1.05 bits per heavy atom. The molecule has 1 aliphatic heterocycles. The molecule has 0 saturated carbocycles. The molecule has 4 nitrogen and oxygen atoms in total. The minimum absolute atomic E-state index is 0.380. The zero-order valence-electron chi connectivity index (χ0n) is 13.6. The third-order valence-corrected chi connectivity index (χ3v) is 4.13. The second-order valence-electron chi connectivity index (χ2n) is 5.74. The van der Waals surface area contributed by atoms with E-state index in [0.717, 1.165) is 32.1 Å². The lowest BCUT2D eigenvalue weighted by Crippen LogP contribution is -1.97. The summed E-state index contributed by atoms with van der Waals surface area (Å²) >= 11 is -2.10. The van der Waals surface area contributed by atoms with Gasteiger partial charge in [0.15, 0.2) is 0 Å². The molecule has 1 fully saturated rings. The van der Waals surface area contributed by atoms with Crippen LogP contribution in [0.2, 0.25) is 0 Å². The number of ether oxygens (including phenoxy) is 1. The fourth-order valence-electron chi connectivity index (χ4n) is 2.30. The van der Waals surface area contributed by atoms with Gasteiger partial charge >= 0.3 is 11.4 Å². The highest BCUT2D eigenvalue weighted by Gasteiger charge is 2.32. The Balaban J connectivity index is 1.75. The minimum Gasteiger partial charge on any atom is -0.370 e. The molecule has 1 saturated heterocycles. The molecule has 3 unspecified atom stereocenters. The first kappa shape index (κ1) is 19.6. The van der Waals surface area contributed by atoms with E-state index in [9.17, 15) is 4.21 Å². The van der Waals surface area contributed by atoms with Gasteiger partial charge in [0, 0.05) is 0 Å². The molecule has 0 aromatic carbocycles. The lowest BCUT2D eigenvalue weighted by Gasteiger charge is -2.00. The van der Waals surface area contributed by atoms with E-state index in [2.05, 4.69) is 35.4 Å². The fourth-order valence-corrected chi connectivity index (χ4v) is 2.56. The van der Waals surface area contributed by atoms with E-state index in [-0.39, 0.29) is 0 Å². The summed E-state index contributed by atoms with van der Waals surface area (Å²) in [6.45, 7) is 2.49. The Hall–Kier alpha value is -0.490. The topological polar surface area (TPSA) is 59.1 Å². The summed E-state index contributed by atoms with van der Waals surface area (Å²) in [6.07, 6.45) is 19.9. The molecule has 5 heteroatoms. The average molecular weight is 330 g/mol. The molecule has 0 amide bonds. The molecule has 1 rings (SSSR count). The van der Waals surface area contributed by atoms with Gasteiger partial charge in [-0.05, 0) is 39.0 Å². The van der Waals surface area contributed by atoms with Gasteiger partial charge in [0.05, 0.1) is 18.8 Å². The van der Waals surface area contributed by atoms with Gasteiger partial charge in [-0.15, -0.1) is 0 Å². The number of unbranched alkanes of at least 4 members (excludes halogenated alkanes) is 6. The van der Waals surface area contributed by atoms with Crippen LogP contribution in [0.25, 0.3) is 0 Å². The molecule has 0 aromatic heterocycles. The summed E-state index contributed by atoms with van der Waals surface area (Å²) in [4.78, 5) is 0. The minimum atomic E-state index is -2.10. The van der Waals surface area contributed by atoms with Gasteiger partial charge in [-0.25, -0.2) is 0 Å². The summed E-state index contributed by atoms with van der Waals surface area (Å²) in [5.74, 6) is 0. The summed E-state index contributed by atoms with van der Waals surface area (Å²) in [5, 5.41) is 0. The van der Waals surface area contributed by atoms with E-state index in [1.165, 1.54) is 25.7 Å². The predicted molar refractivity (Wildman–Crippen MR) is 90.9 cm³/mol. The van der Waals surface area contributed by atoms with E-state index >= 15 is 0 Å². The molecule has 0 radical (unpaired) electrons. The normalized spacial score (nSPS) is 22.6. The molecule has 1 N–H and O–H groups in total. The highest BCUT2D eigenvalue weighted by Crippen LogP contribution is 2.24. The summed E-state index contributed by atoms with van der Waals surface area (Å²) < 4.78 is 28.6. The van der Waals surface area contributed by atoms with E-state index in [4.69, 9.17) is 9.29 Å². The van der Waals surface area contributed by atoms with Crippen molar-refractivity contribution in [2.24, 2.45) is 0 Å². The van der Waals surface area contributed by atoms with Crippen molar-refractivity contribution in [2.75, 3.05) is 6.61 Å². The number of epoxide rings is 1. The van der Waals surface area contributed by atoms with E-state index < -0.39 is 11.4 Å². The van der Waals surface area contributed by atoms with E-state index in [1.54, 1.807) is 0 Å². The highest BCUT2D eigenvalue weighted by atomic mass is 32.2. The van der Waals surface area contributed by atoms with Gasteiger partial charge < -0.3 is 4.74 Å². The molecule has 0 aliphatic carbocycles. The molecule has 0 aromatic rings. The first-order valence-electron chi connectivity index (χ1n) is 8.39. The SMILES string of the molecule is CC1OC1CC=CCC=CCCCCCCCCOS(=O)O. The molecular formula is C17H30O4S. The molecule has 0 bridgehead atoms. The van der Waals surface area contributed by atoms with Crippen molar-refractivity contribution in [1.82, 2.24) is 0 Å². The number of hydrogen-bond acceptors (Lipinski definition) is 3. The monoisotopic (exact) mass is 330 g/mol. The van der Waals surface area contributed by atoms with Crippen LogP contribution in [0, 0.1) is 0 Å². The van der Waals surface area contributed by atoms with Crippen LogP contribution in [0.1, 0.15) is 64.7 Å². The smallest absolute Gasteiger partial charge is 0.301 e. The first-order chi connectivity index (χ1) is 10.7. The van der Waals surface area contributed by atoms with Crippen molar-refractivity contribution in [3.05, 3.63) is 24.3 Å². The molecular weight excluding hydrogens is 300 g/mol. The Kier molecular flexibility index (Phi) is 11.6. The Morgan fingerprint density at radius 2 is 1.68 bits per heavy atom. The van der Waals surface area contributed by atoms with Crippen molar-refractivity contribution in [2.45, 2.75) is 76.9 Å². The fraction of sp³-hybridized carbons (Fsp3) is 0.765.